The number of thiazole rings is 1. The van der Waals surface area contributed by atoms with Crippen LogP contribution in [0.15, 0.2) is 0 Å². The number of ether oxygens (including phenoxy) is 2. The van der Waals surface area contributed by atoms with Gasteiger partial charge in [-0.25, -0.2) is 4.98 Å². The van der Waals surface area contributed by atoms with Crippen LogP contribution in [0.1, 0.15) is 23.5 Å². The Labute approximate surface area is 122 Å². The summed E-state index contributed by atoms with van der Waals surface area (Å²) in [6.07, 6.45) is 0.729. The van der Waals surface area contributed by atoms with Crippen LogP contribution in [0, 0.1) is 0 Å². The average Bonchev–Trinajstić information content (AvgIpc) is 2.78. The molecule has 0 aliphatic heterocycles. The topological polar surface area (TPSA) is 51.7 Å². The molecule has 0 saturated carbocycles. The number of nitrogens with zero attached hydrogens (tertiary/aromatic N) is 2. The zero-order valence-corrected chi connectivity index (χ0v) is 12.8. The second kappa shape index (κ2) is 9.25. The van der Waals surface area contributed by atoms with Gasteiger partial charge < -0.3 is 14.4 Å². The van der Waals surface area contributed by atoms with E-state index >= 15 is 0 Å². The first-order chi connectivity index (χ1) is 9.22. The standard InChI is InChI=1S/C12H19ClN2O3S/c1-3-17-7-5-15(6-8-18-4-2)12-14-11(13)10(9-16)19-12/h9H,3-8H2,1-2H3. The number of aldehydes is 1. The first kappa shape index (κ1) is 16.4. The summed E-state index contributed by atoms with van der Waals surface area (Å²) in [7, 11) is 0. The van der Waals surface area contributed by atoms with Crippen molar-refractivity contribution in [3.8, 4) is 0 Å². The number of carbonyl (C=O) groups excluding carboxylic acids is 1. The third-order valence-corrected chi connectivity index (χ3v) is 3.84. The molecule has 1 aromatic heterocycles. The summed E-state index contributed by atoms with van der Waals surface area (Å²) in [4.78, 5) is 17.5. The fourth-order valence-corrected chi connectivity index (χ4v) is 2.57. The lowest BCUT2D eigenvalue weighted by Crippen LogP contribution is -2.31. The van der Waals surface area contributed by atoms with Crippen molar-refractivity contribution in [1.82, 2.24) is 4.98 Å². The summed E-state index contributed by atoms with van der Waals surface area (Å²) in [6.45, 7) is 7.87. The quantitative estimate of drug-likeness (QED) is 0.491. The fourth-order valence-electron chi connectivity index (χ4n) is 1.45. The first-order valence-corrected chi connectivity index (χ1v) is 7.44. The summed E-state index contributed by atoms with van der Waals surface area (Å²) in [6, 6.07) is 0. The van der Waals surface area contributed by atoms with Crippen LogP contribution in [0.2, 0.25) is 5.15 Å². The Hall–Kier alpha value is -0.690. The van der Waals surface area contributed by atoms with Crippen molar-refractivity contribution in [2.45, 2.75) is 13.8 Å². The summed E-state index contributed by atoms with van der Waals surface area (Å²) in [5, 5.41) is 0.985. The van der Waals surface area contributed by atoms with Gasteiger partial charge in [-0.1, -0.05) is 22.9 Å². The Morgan fingerprint density at radius 1 is 1.26 bits per heavy atom. The van der Waals surface area contributed by atoms with Gasteiger partial charge in [0.25, 0.3) is 0 Å². The fraction of sp³-hybridized carbons (Fsp3) is 0.667. The van der Waals surface area contributed by atoms with Gasteiger partial charge in [-0.05, 0) is 13.8 Å². The highest BCUT2D eigenvalue weighted by Gasteiger charge is 2.14. The number of hydrogen-bond acceptors (Lipinski definition) is 6. The number of anilines is 1. The van der Waals surface area contributed by atoms with E-state index in [9.17, 15) is 4.79 Å². The van der Waals surface area contributed by atoms with Crippen LogP contribution in [-0.2, 0) is 9.47 Å². The molecule has 0 atom stereocenters. The van der Waals surface area contributed by atoms with Crippen LogP contribution in [0.5, 0.6) is 0 Å². The van der Waals surface area contributed by atoms with Gasteiger partial charge in [0.05, 0.1) is 13.2 Å². The molecule has 19 heavy (non-hydrogen) atoms. The molecule has 7 heteroatoms. The van der Waals surface area contributed by atoms with Crippen LogP contribution in [0.25, 0.3) is 0 Å². The molecule has 0 aromatic carbocycles. The van der Waals surface area contributed by atoms with Gasteiger partial charge in [0, 0.05) is 26.3 Å². The number of carbonyl (C=O) groups is 1. The van der Waals surface area contributed by atoms with Gasteiger partial charge in [0.15, 0.2) is 16.6 Å². The SMILES string of the molecule is CCOCCN(CCOCC)c1nc(Cl)c(C=O)s1. The Balaban J connectivity index is 2.66. The van der Waals surface area contributed by atoms with E-state index in [1.54, 1.807) is 0 Å². The minimum Gasteiger partial charge on any atom is -0.380 e. The highest BCUT2D eigenvalue weighted by atomic mass is 35.5. The summed E-state index contributed by atoms with van der Waals surface area (Å²) in [5.74, 6) is 0. The van der Waals surface area contributed by atoms with Crippen molar-refractivity contribution in [3.63, 3.8) is 0 Å². The van der Waals surface area contributed by atoms with E-state index in [1.807, 2.05) is 18.7 Å². The average molecular weight is 307 g/mol. The second-order valence-electron chi connectivity index (χ2n) is 3.65. The molecule has 0 bridgehead atoms. The molecule has 0 aliphatic rings. The molecular weight excluding hydrogens is 288 g/mol. The zero-order chi connectivity index (χ0) is 14.1. The van der Waals surface area contributed by atoms with Crippen molar-refractivity contribution in [2.75, 3.05) is 44.4 Å². The third kappa shape index (κ3) is 5.44. The molecule has 0 aliphatic carbocycles. The molecule has 1 aromatic rings. The number of rotatable bonds is 10. The maximum atomic E-state index is 10.8. The molecule has 0 N–H and O–H groups in total. The van der Waals surface area contributed by atoms with Gasteiger partial charge >= 0.3 is 0 Å². The van der Waals surface area contributed by atoms with Crippen molar-refractivity contribution in [2.24, 2.45) is 0 Å². The van der Waals surface area contributed by atoms with E-state index in [0.29, 0.717) is 44.4 Å². The summed E-state index contributed by atoms with van der Waals surface area (Å²) < 4.78 is 10.7. The van der Waals surface area contributed by atoms with Gasteiger partial charge in [-0.3, -0.25) is 4.79 Å². The predicted octanol–water partition coefficient (Wildman–Crippen LogP) is 2.49. The highest BCUT2D eigenvalue weighted by Crippen LogP contribution is 2.28. The Morgan fingerprint density at radius 2 is 1.84 bits per heavy atom. The van der Waals surface area contributed by atoms with Crippen LogP contribution in [-0.4, -0.2) is 50.8 Å². The minimum absolute atomic E-state index is 0.257. The lowest BCUT2D eigenvalue weighted by Gasteiger charge is -2.21. The van der Waals surface area contributed by atoms with E-state index in [4.69, 9.17) is 21.1 Å². The lowest BCUT2D eigenvalue weighted by atomic mass is 10.5. The molecule has 108 valence electrons. The molecule has 1 heterocycles. The van der Waals surface area contributed by atoms with Crippen LogP contribution in [0.4, 0.5) is 5.13 Å². The van der Waals surface area contributed by atoms with E-state index in [0.717, 1.165) is 11.4 Å². The lowest BCUT2D eigenvalue weighted by molar-refractivity contribution is 0.112. The Bertz CT molecular complexity index is 377. The molecule has 0 radical (unpaired) electrons. The van der Waals surface area contributed by atoms with E-state index in [-0.39, 0.29) is 5.15 Å². The maximum Gasteiger partial charge on any atom is 0.187 e. The Morgan fingerprint density at radius 3 is 2.26 bits per heavy atom. The van der Waals surface area contributed by atoms with Crippen LogP contribution in [0.3, 0.4) is 0 Å². The van der Waals surface area contributed by atoms with Crippen LogP contribution >= 0.6 is 22.9 Å². The van der Waals surface area contributed by atoms with E-state index in [1.165, 1.54) is 11.3 Å². The molecular formula is C12H19ClN2O3S. The zero-order valence-electron chi connectivity index (χ0n) is 11.2. The third-order valence-electron chi connectivity index (χ3n) is 2.40. The molecule has 5 nitrogen and oxygen atoms in total. The van der Waals surface area contributed by atoms with Crippen molar-refractivity contribution < 1.29 is 14.3 Å². The van der Waals surface area contributed by atoms with E-state index < -0.39 is 0 Å². The molecule has 0 spiro atoms. The van der Waals surface area contributed by atoms with Crippen molar-refractivity contribution >= 4 is 34.4 Å². The maximum absolute atomic E-state index is 10.8. The summed E-state index contributed by atoms with van der Waals surface area (Å²) >= 11 is 7.18. The van der Waals surface area contributed by atoms with Gasteiger partial charge in [0.1, 0.15) is 4.88 Å². The second-order valence-corrected chi connectivity index (χ2v) is 5.02. The largest absolute Gasteiger partial charge is 0.380 e. The van der Waals surface area contributed by atoms with Gasteiger partial charge in [-0.2, -0.15) is 0 Å². The van der Waals surface area contributed by atoms with Crippen molar-refractivity contribution in [3.05, 3.63) is 10.0 Å². The van der Waals surface area contributed by atoms with Crippen molar-refractivity contribution in [1.29, 1.82) is 0 Å². The van der Waals surface area contributed by atoms with E-state index in [2.05, 4.69) is 4.98 Å². The monoisotopic (exact) mass is 306 g/mol. The van der Waals surface area contributed by atoms with Gasteiger partial charge in [0.2, 0.25) is 0 Å². The normalized spacial score (nSPS) is 10.7. The first-order valence-electron chi connectivity index (χ1n) is 6.24. The molecule has 0 amide bonds. The number of hydrogen-bond donors (Lipinski definition) is 0. The highest BCUT2D eigenvalue weighted by molar-refractivity contribution is 7.17. The van der Waals surface area contributed by atoms with Gasteiger partial charge in [-0.15, -0.1) is 0 Å². The van der Waals surface area contributed by atoms with Crippen LogP contribution < -0.4 is 4.90 Å². The number of halogens is 1. The smallest absolute Gasteiger partial charge is 0.187 e. The predicted molar refractivity (Wildman–Crippen MR) is 77.7 cm³/mol. The molecule has 0 unspecified atom stereocenters. The summed E-state index contributed by atoms with van der Waals surface area (Å²) in [5.41, 5.74) is 0. The molecule has 0 fully saturated rings. The molecule has 0 saturated heterocycles. The minimum atomic E-state index is 0.257. The Kier molecular flexibility index (Phi) is 7.97. The number of aromatic nitrogens is 1. The molecule has 1 rings (SSSR count).